The Morgan fingerprint density at radius 1 is 1.28 bits per heavy atom. The van der Waals surface area contributed by atoms with Crippen molar-refractivity contribution in [1.29, 1.82) is 0 Å². The van der Waals surface area contributed by atoms with Gasteiger partial charge in [-0.05, 0) is 38.5 Å². The lowest BCUT2D eigenvalue weighted by Crippen LogP contribution is -2.44. The monoisotopic (exact) mass is 311 g/mol. The zero-order chi connectivity index (χ0) is 12.7. The summed E-state index contributed by atoms with van der Waals surface area (Å²) < 4.78 is 2.09. The number of aryl methyl sites for hydroxylation is 2. The molecule has 1 saturated heterocycles. The summed E-state index contributed by atoms with van der Waals surface area (Å²) in [5.74, 6) is 2.29. The second-order valence-electron chi connectivity index (χ2n) is 5.74. The van der Waals surface area contributed by atoms with Crippen LogP contribution in [0.5, 0.6) is 0 Å². The number of hydrogen-bond acceptors (Lipinski definition) is 2. The highest BCUT2D eigenvalue weighted by Crippen LogP contribution is 2.40. The highest BCUT2D eigenvalue weighted by atomic mass is 79.9. The van der Waals surface area contributed by atoms with Crippen LogP contribution < -0.4 is 4.90 Å². The van der Waals surface area contributed by atoms with Crippen LogP contribution in [-0.4, -0.2) is 22.4 Å². The maximum atomic E-state index is 4.62. The third-order valence-electron chi connectivity index (χ3n) is 4.71. The van der Waals surface area contributed by atoms with Gasteiger partial charge in [0.25, 0.3) is 0 Å². The smallest absolute Gasteiger partial charge is 0.131 e. The van der Waals surface area contributed by atoms with Crippen LogP contribution in [0.25, 0.3) is 0 Å². The van der Waals surface area contributed by atoms with Gasteiger partial charge in [-0.1, -0.05) is 22.4 Å². The van der Waals surface area contributed by atoms with E-state index in [1.165, 1.54) is 55.7 Å². The van der Waals surface area contributed by atoms with Gasteiger partial charge in [0.05, 0.1) is 5.69 Å². The minimum atomic E-state index is 0.770. The molecule has 0 N–H and O–H groups in total. The normalized spacial score (nSPS) is 27.6. The van der Waals surface area contributed by atoms with E-state index in [2.05, 4.69) is 44.6 Å². The maximum absolute atomic E-state index is 4.62. The Bertz CT molecular complexity index is 440. The van der Waals surface area contributed by atoms with Gasteiger partial charge in [-0.25, -0.2) is 0 Å². The van der Waals surface area contributed by atoms with E-state index < -0.39 is 0 Å². The molecule has 0 aromatic carbocycles. The average molecular weight is 312 g/mol. The maximum Gasteiger partial charge on any atom is 0.131 e. The fourth-order valence-corrected chi connectivity index (χ4v) is 4.58. The summed E-state index contributed by atoms with van der Waals surface area (Å²) in [7, 11) is 2.09. The van der Waals surface area contributed by atoms with Crippen LogP contribution in [-0.2, 0) is 12.4 Å². The third-order valence-corrected chi connectivity index (χ3v) is 5.27. The quantitative estimate of drug-likeness (QED) is 0.781. The van der Waals surface area contributed by atoms with Crippen LogP contribution in [0, 0.1) is 12.8 Å². The molecule has 0 radical (unpaired) electrons. The van der Waals surface area contributed by atoms with E-state index in [9.17, 15) is 0 Å². The Labute approximate surface area is 118 Å². The summed E-state index contributed by atoms with van der Waals surface area (Å²) in [6.45, 7) is 3.33. The molecular weight excluding hydrogens is 290 g/mol. The van der Waals surface area contributed by atoms with Crippen LogP contribution in [0.15, 0.2) is 0 Å². The van der Waals surface area contributed by atoms with Gasteiger partial charge in [0.15, 0.2) is 0 Å². The molecule has 2 aliphatic rings. The summed E-state index contributed by atoms with van der Waals surface area (Å²) in [5.41, 5.74) is 2.55. The summed E-state index contributed by atoms with van der Waals surface area (Å²) in [6, 6.07) is 0.770. The van der Waals surface area contributed by atoms with Crippen molar-refractivity contribution in [3.63, 3.8) is 0 Å². The molecular formula is C14H22BrN3. The molecule has 0 spiro atoms. The van der Waals surface area contributed by atoms with Gasteiger partial charge in [0.2, 0.25) is 0 Å². The standard InChI is InChI=1S/C14H22BrN3/c1-10-12(9-15)14(17(2)16-10)18-8-4-6-11-5-3-7-13(11)18/h11,13H,3-9H2,1-2H3. The Morgan fingerprint density at radius 2 is 2.06 bits per heavy atom. The first kappa shape index (κ1) is 12.5. The fourth-order valence-electron chi connectivity index (χ4n) is 3.92. The lowest BCUT2D eigenvalue weighted by atomic mass is 9.92. The summed E-state index contributed by atoms with van der Waals surface area (Å²) in [4.78, 5) is 2.65. The van der Waals surface area contributed by atoms with E-state index >= 15 is 0 Å². The van der Waals surface area contributed by atoms with E-state index in [0.717, 1.165) is 17.3 Å². The van der Waals surface area contributed by atoms with Gasteiger partial charge in [-0.3, -0.25) is 4.68 Å². The van der Waals surface area contributed by atoms with Crippen molar-refractivity contribution in [1.82, 2.24) is 9.78 Å². The molecule has 0 amide bonds. The molecule has 1 aliphatic carbocycles. The summed E-state index contributed by atoms with van der Waals surface area (Å²) in [6.07, 6.45) is 6.99. The number of aromatic nitrogens is 2. The second-order valence-corrected chi connectivity index (χ2v) is 6.30. The first-order valence-electron chi connectivity index (χ1n) is 7.07. The largest absolute Gasteiger partial charge is 0.353 e. The second kappa shape index (κ2) is 4.87. The van der Waals surface area contributed by atoms with Gasteiger partial charge in [0, 0.05) is 30.5 Å². The fraction of sp³-hybridized carbons (Fsp3) is 0.786. The number of alkyl halides is 1. The Balaban J connectivity index is 1.98. The van der Waals surface area contributed by atoms with E-state index in [1.807, 2.05) is 0 Å². The highest BCUT2D eigenvalue weighted by molar-refractivity contribution is 9.08. The zero-order valence-electron chi connectivity index (χ0n) is 11.3. The SMILES string of the molecule is Cc1nn(C)c(N2CCCC3CCCC32)c1CBr. The van der Waals surface area contributed by atoms with E-state index in [-0.39, 0.29) is 0 Å². The van der Waals surface area contributed by atoms with Gasteiger partial charge in [-0.15, -0.1) is 0 Å². The van der Waals surface area contributed by atoms with Crippen molar-refractivity contribution in [3.8, 4) is 0 Å². The van der Waals surface area contributed by atoms with Crippen LogP contribution in [0.1, 0.15) is 43.4 Å². The lowest BCUT2D eigenvalue weighted by molar-refractivity contribution is 0.357. The Hall–Kier alpha value is -0.510. The minimum Gasteiger partial charge on any atom is -0.353 e. The number of hydrogen-bond donors (Lipinski definition) is 0. The summed E-state index contributed by atoms with van der Waals surface area (Å²) in [5, 5.41) is 5.53. The third kappa shape index (κ3) is 1.89. The number of rotatable bonds is 2. The average Bonchev–Trinajstić information content (AvgIpc) is 2.92. The molecule has 1 aliphatic heterocycles. The predicted molar refractivity (Wildman–Crippen MR) is 78.3 cm³/mol. The molecule has 100 valence electrons. The molecule has 3 rings (SSSR count). The molecule has 1 aromatic rings. The zero-order valence-corrected chi connectivity index (χ0v) is 12.9. The Morgan fingerprint density at radius 3 is 2.83 bits per heavy atom. The molecule has 18 heavy (non-hydrogen) atoms. The van der Waals surface area contributed by atoms with Crippen LogP contribution in [0.2, 0.25) is 0 Å². The van der Waals surface area contributed by atoms with E-state index in [1.54, 1.807) is 0 Å². The number of anilines is 1. The number of nitrogens with zero attached hydrogens (tertiary/aromatic N) is 3. The first-order chi connectivity index (χ1) is 8.72. The molecule has 2 atom stereocenters. The first-order valence-corrected chi connectivity index (χ1v) is 8.19. The lowest BCUT2D eigenvalue weighted by Gasteiger charge is -2.39. The van der Waals surface area contributed by atoms with Crippen LogP contribution in [0.4, 0.5) is 5.82 Å². The highest BCUT2D eigenvalue weighted by Gasteiger charge is 2.37. The van der Waals surface area contributed by atoms with E-state index in [4.69, 9.17) is 0 Å². The minimum absolute atomic E-state index is 0.770. The Kier molecular flexibility index (Phi) is 3.39. The molecule has 2 unspecified atom stereocenters. The molecule has 1 aromatic heterocycles. The number of fused-ring (bicyclic) bond motifs is 1. The van der Waals surface area contributed by atoms with Gasteiger partial charge < -0.3 is 4.90 Å². The molecule has 1 saturated carbocycles. The number of halogens is 1. The summed E-state index contributed by atoms with van der Waals surface area (Å²) >= 11 is 3.63. The topological polar surface area (TPSA) is 21.1 Å². The molecule has 4 heteroatoms. The van der Waals surface area contributed by atoms with Crippen LogP contribution >= 0.6 is 15.9 Å². The van der Waals surface area contributed by atoms with Crippen molar-refractivity contribution >= 4 is 21.7 Å². The predicted octanol–water partition coefficient (Wildman–Crippen LogP) is 3.39. The van der Waals surface area contributed by atoms with Gasteiger partial charge in [-0.2, -0.15) is 5.10 Å². The van der Waals surface area contributed by atoms with Crippen molar-refractivity contribution in [2.45, 2.75) is 50.4 Å². The number of piperidine rings is 1. The molecule has 2 fully saturated rings. The van der Waals surface area contributed by atoms with Crippen molar-refractivity contribution < 1.29 is 0 Å². The van der Waals surface area contributed by atoms with Gasteiger partial charge >= 0.3 is 0 Å². The van der Waals surface area contributed by atoms with E-state index in [0.29, 0.717) is 0 Å². The molecule has 3 nitrogen and oxygen atoms in total. The van der Waals surface area contributed by atoms with Crippen LogP contribution in [0.3, 0.4) is 0 Å². The van der Waals surface area contributed by atoms with Gasteiger partial charge in [0.1, 0.15) is 5.82 Å². The van der Waals surface area contributed by atoms with Crippen molar-refractivity contribution in [2.24, 2.45) is 13.0 Å². The molecule has 2 heterocycles. The molecule has 0 bridgehead atoms. The van der Waals surface area contributed by atoms with Crippen molar-refractivity contribution in [2.75, 3.05) is 11.4 Å². The van der Waals surface area contributed by atoms with Crippen molar-refractivity contribution in [3.05, 3.63) is 11.3 Å².